The molecule has 9 nitrogen and oxygen atoms in total. The van der Waals surface area contributed by atoms with E-state index in [4.69, 9.17) is 11.6 Å². The smallest absolute Gasteiger partial charge is 0.323 e. The highest BCUT2D eigenvalue weighted by atomic mass is 35.5. The second-order valence-corrected chi connectivity index (χ2v) is 7.87. The summed E-state index contributed by atoms with van der Waals surface area (Å²) >= 11 is 6.27. The molecule has 1 aliphatic carbocycles. The second kappa shape index (κ2) is 7.47. The third-order valence-electron chi connectivity index (χ3n) is 5.71. The molecule has 2 fully saturated rings. The fourth-order valence-corrected chi connectivity index (χ4v) is 4.41. The van der Waals surface area contributed by atoms with Crippen molar-refractivity contribution in [2.45, 2.75) is 38.1 Å². The van der Waals surface area contributed by atoms with Crippen LogP contribution >= 0.6 is 11.6 Å². The van der Waals surface area contributed by atoms with Crippen molar-refractivity contribution in [3.05, 3.63) is 35.9 Å². The maximum Gasteiger partial charge on any atom is 0.325 e. The molecule has 1 saturated heterocycles. The number of nitrogens with one attached hydrogen (secondary N) is 2. The number of urea groups is 1. The maximum absolute atomic E-state index is 13.0. The molecule has 0 radical (unpaired) electrons. The highest BCUT2D eigenvalue weighted by Gasteiger charge is 2.55. The van der Waals surface area contributed by atoms with E-state index >= 15 is 0 Å². The largest absolute Gasteiger partial charge is 0.325 e. The van der Waals surface area contributed by atoms with Crippen molar-refractivity contribution in [2.75, 3.05) is 11.9 Å². The number of aromatic nitrogens is 3. The number of imide groups is 1. The SMILES string of the molecule is CC1CCCCC12NC(=O)N(CC(=O)Nc1cccc(Cl)c1-n1cncn1)C2=O. The van der Waals surface area contributed by atoms with Crippen LogP contribution in [-0.4, -0.2) is 49.6 Å². The van der Waals surface area contributed by atoms with Crippen LogP contribution in [0.5, 0.6) is 0 Å². The molecule has 2 N–H and O–H groups in total. The van der Waals surface area contributed by atoms with Crippen molar-refractivity contribution in [2.24, 2.45) is 5.92 Å². The number of nitrogens with zero attached hydrogens (tertiary/aromatic N) is 4. The van der Waals surface area contributed by atoms with Gasteiger partial charge in [-0.1, -0.05) is 37.4 Å². The lowest BCUT2D eigenvalue weighted by molar-refractivity contribution is -0.136. The Hall–Kier alpha value is -2.94. The quantitative estimate of drug-likeness (QED) is 0.743. The van der Waals surface area contributed by atoms with Gasteiger partial charge in [0.15, 0.2) is 0 Å². The minimum atomic E-state index is -0.891. The average molecular weight is 417 g/mol. The number of carbonyl (C=O) groups is 3. The Morgan fingerprint density at radius 1 is 1.38 bits per heavy atom. The minimum Gasteiger partial charge on any atom is -0.323 e. The fourth-order valence-electron chi connectivity index (χ4n) is 4.15. The Balaban J connectivity index is 1.52. The summed E-state index contributed by atoms with van der Waals surface area (Å²) in [5.74, 6) is -0.794. The average Bonchev–Trinajstić information content (AvgIpc) is 3.28. The normalized spacial score (nSPS) is 24.1. The number of amides is 4. The van der Waals surface area contributed by atoms with Crippen molar-refractivity contribution in [3.63, 3.8) is 0 Å². The number of carbonyl (C=O) groups excluding carboxylic acids is 3. The van der Waals surface area contributed by atoms with Gasteiger partial charge in [0.2, 0.25) is 5.91 Å². The Morgan fingerprint density at radius 3 is 2.93 bits per heavy atom. The van der Waals surface area contributed by atoms with Crippen LogP contribution in [0, 0.1) is 5.92 Å². The number of para-hydroxylation sites is 1. The summed E-state index contributed by atoms with van der Waals surface area (Å²) in [5, 5.41) is 9.99. The molecule has 2 heterocycles. The van der Waals surface area contributed by atoms with Crippen LogP contribution in [0.4, 0.5) is 10.5 Å². The van der Waals surface area contributed by atoms with Gasteiger partial charge in [-0.15, -0.1) is 0 Å². The fraction of sp³-hybridized carbons (Fsp3) is 0.421. The van der Waals surface area contributed by atoms with Crippen molar-refractivity contribution < 1.29 is 14.4 Å². The van der Waals surface area contributed by atoms with E-state index in [0.29, 0.717) is 22.8 Å². The zero-order valence-electron chi connectivity index (χ0n) is 15.9. The summed E-state index contributed by atoms with van der Waals surface area (Å²) in [6.45, 7) is 1.60. The summed E-state index contributed by atoms with van der Waals surface area (Å²) in [7, 11) is 0. The Bertz CT molecular complexity index is 963. The van der Waals surface area contributed by atoms with Gasteiger partial charge in [-0.05, 0) is 30.9 Å². The molecule has 4 amide bonds. The van der Waals surface area contributed by atoms with Gasteiger partial charge >= 0.3 is 6.03 Å². The molecule has 2 unspecified atom stereocenters. The van der Waals surface area contributed by atoms with Crippen LogP contribution in [0.2, 0.25) is 5.02 Å². The van der Waals surface area contributed by atoms with E-state index in [0.717, 1.165) is 24.2 Å². The molecule has 2 atom stereocenters. The van der Waals surface area contributed by atoms with Gasteiger partial charge < -0.3 is 10.6 Å². The number of benzene rings is 1. The molecular formula is C19H21ClN6O3. The molecule has 1 spiro atoms. The van der Waals surface area contributed by atoms with Crippen LogP contribution in [0.1, 0.15) is 32.6 Å². The number of rotatable bonds is 4. The number of halogens is 1. The first kappa shape index (κ1) is 19.4. The predicted octanol–water partition coefficient (Wildman–Crippen LogP) is 2.36. The number of hydrogen-bond acceptors (Lipinski definition) is 5. The van der Waals surface area contributed by atoms with Crippen molar-refractivity contribution in [1.29, 1.82) is 0 Å². The molecule has 1 saturated carbocycles. The van der Waals surface area contributed by atoms with Crippen LogP contribution in [0.3, 0.4) is 0 Å². The second-order valence-electron chi connectivity index (χ2n) is 7.46. The highest BCUT2D eigenvalue weighted by Crippen LogP contribution is 2.38. The van der Waals surface area contributed by atoms with Gasteiger partial charge in [0, 0.05) is 0 Å². The van der Waals surface area contributed by atoms with Crippen LogP contribution in [-0.2, 0) is 9.59 Å². The van der Waals surface area contributed by atoms with Crippen LogP contribution in [0.15, 0.2) is 30.9 Å². The van der Waals surface area contributed by atoms with Crippen molar-refractivity contribution in [1.82, 2.24) is 25.0 Å². The Morgan fingerprint density at radius 2 is 2.21 bits per heavy atom. The van der Waals surface area contributed by atoms with E-state index in [-0.39, 0.29) is 18.4 Å². The van der Waals surface area contributed by atoms with Crippen LogP contribution in [0.25, 0.3) is 5.69 Å². The molecule has 1 aliphatic heterocycles. The zero-order chi connectivity index (χ0) is 20.6. The molecule has 29 heavy (non-hydrogen) atoms. The van der Waals surface area contributed by atoms with E-state index < -0.39 is 17.5 Å². The maximum atomic E-state index is 13.0. The van der Waals surface area contributed by atoms with Crippen LogP contribution < -0.4 is 10.6 Å². The molecule has 1 aromatic carbocycles. The molecule has 4 rings (SSSR count). The first-order valence-corrected chi connectivity index (χ1v) is 9.87. The van der Waals surface area contributed by atoms with Gasteiger partial charge in [0.1, 0.15) is 30.4 Å². The Kier molecular flexibility index (Phi) is 4.99. The first-order chi connectivity index (χ1) is 13.9. The van der Waals surface area contributed by atoms with Crippen molar-refractivity contribution in [3.8, 4) is 5.69 Å². The molecule has 10 heteroatoms. The summed E-state index contributed by atoms with van der Waals surface area (Å²) in [6, 6.07) is 4.49. The van der Waals surface area contributed by atoms with E-state index in [1.54, 1.807) is 18.2 Å². The van der Waals surface area contributed by atoms with E-state index in [2.05, 4.69) is 20.7 Å². The van der Waals surface area contributed by atoms with Crippen molar-refractivity contribution >= 4 is 35.1 Å². The summed E-state index contributed by atoms with van der Waals surface area (Å²) in [6.07, 6.45) is 6.19. The third kappa shape index (κ3) is 3.35. The van der Waals surface area contributed by atoms with Gasteiger partial charge in [-0.25, -0.2) is 14.5 Å². The first-order valence-electron chi connectivity index (χ1n) is 9.50. The van der Waals surface area contributed by atoms with Gasteiger partial charge in [0.05, 0.1) is 10.7 Å². The highest BCUT2D eigenvalue weighted by molar-refractivity contribution is 6.33. The van der Waals surface area contributed by atoms with E-state index in [1.807, 2.05) is 6.92 Å². The molecule has 2 aliphatic rings. The lowest BCUT2D eigenvalue weighted by Crippen LogP contribution is -2.54. The van der Waals surface area contributed by atoms with E-state index in [1.165, 1.54) is 17.3 Å². The van der Waals surface area contributed by atoms with Gasteiger partial charge in [0.25, 0.3) is 5.91 Å². The summed E-state index contributed by atoms with van der Waals surface area (Å²) in [4.78, 5) is 43.0. The monoisotopic (exact) mass is 416 g/mol. The Labute approximate surface area is 172 Å². The third-order valence-corrected chi connectivity index (χ3v) is 6.02. The lowest BCUT2D eigenvalue weighted by Gasteiger charge is -2.36. The zero-order valence-corrected chi connectivity index (χ0v) is 16.6. The van der Waals surface area contributed by atoms with E-state index in [9.17, 15) is 14.4 Å². The molecule has 0 bridgehead atoms. The predicted molar refractivity (Wildman–Crippen MR) is 106 cm³/mol. The molecule has 1 aromatic heterocycles. The topological polar surface area (TPSA) is 109 Å². The summed E-state index contributed by atoms with van der Waals surface area (Å²) in [5.41, 5.74) is -0.0345. The minimum absolute atomic E-state index is 0.0348. The molecule has 152 valence electrons. The van der Waals surface area contributed by atoms with Gasteiger partial charge in [-0.2, -0.15) is 5.10 Å². The molecular weight excluding hydrogens is 396 g/mol. The number of anilines is 1. The van der Waals surface area contributed by atoms with Gasteiger partial charge in [-0.3, -0.25) is 14.5 Å². The lowest BCUT2D eigenvalue weighted by atomic mass is 9.73. The standard InChI is InChI=1S/C19H21ClN6O3/c1-12-5-2-3-8-19(12)17(28)25(18(29)24-19)9-15(27)23-14-7-4-6-13(20)16(14)26-11-21-10-22-26/h4,6-7,10-12H,2-3,5,8-9H2,1H3,(H,23,27)(H,24,29). The molecule has 2 aromatic rings. The number of hydrogen-bond donors (Lipinski definition) is 2. The summed E-state index contributed by atoms with van der Waals surface area (Å²) < 4.78 is 1.43.